The Hall–Kier alpha value is -2.91. The molecule has 2 rings (SSSR count). The predicted molar refractivity (Wildman–Crippen MR) is 145 cm³/mol. The smallest absolute Gasteiger partial charge is 0.304 e. The van der Waals surface area contributed by atoms with E-state index in [1.54, 1.807) is 13.0 Å². The van der Waals surface area contributed by atoms with Gasteiger partial charge in [0.15, 0.2) is 0 Å². The van der Waals surface area contributed by atoms with Crippen molar-refractivity contribution in [3.8, 4) is 0 Å². The van der Waals surface area contributed by atoms with E-state index in [0.717, 1.165) is 37.3 Å². The quantitative estimate of drug-likeness (QED) is 0.495. The first-order chi connectivity index (χ1) is 16.8. The SMILES string of the molecule is CC[C@H](C)NC(=O)[C@@H](C)N(Cc1ccccc1C)C(=O)CN(c1cc(C)ccc1C)S(=O)(=O)N(C)C. The van der Waals surface area contributed by atoms with E-state index in [1.165, 1.54) is 19.0 Å². The second kappa shape index (κ2) is 12.4. The molecule has 0 unspecified atom stereocenters. The van der Waals surface area contributed by atoms with Crippen LogP contribution in [0.15, 0.2) is 42.5 Å². The lowest BCUT2D eigenvalue weighted by Gasteiger charge is -2.34. The van der Waals surface area contributed by atoms with Crippen LogP contribution >= 0.6 is 0 Å². The highest BCUT2D eigenvalue weighted by atomic mass is 32.2. The predicted octanol–water partition coefficient (Wildman–Crippen LogP) is 3.56. The minimum absolute atomic E-state index is 0.0454. The van der Waals surface area contributed by atoms with Gasteiger partial charge in [-0.3, -0.25) is 9.59 Å². The van der Waals surface area contributed by atoms with Gasteiger partial charge in [-0.25, -0.2) is 4.31 Å². The third-order valence-electron chi connectivity index (χ3n) is 6.42. The van der Waals surface area contributed by atoms with Gasteiger partial charge >= 0.3 is 10.2 Å². The Morgan fingerprint density at radius 1 is 0.972 bits per heavy atom. The second-order valence-corrected chi connectivity index (χ2v) is 11.6. The number of carbonyl (C=O) groups excluding carboxylic acids is 2. The van der Waals surface area contributed by atoms with Crippen LogP contribution < -0.4 is 9.62 Å². The number of amides is 2. The standard InChI is InChI=1S/C27H40N4O4S/c1-9-22(5)28-27(33)23(6)30(17-24-13-11-10-12-20(24)3)26(32)18-31(36(34,35)29(7)8)25-16-19(2)14-15-21(25)4/h10-16,22-23H,9,17-18H2,1-8H3,(H,28,33)/t22-,23+/m0/s1. The van der Waals surface area contributed by atoms with Crippen molar-refractivity contribution in [1.82, 2.24) is 14.5 Å². The molecule has 2 aromatic rings. The van der Waals surface area contributed by atoms with Crippen molar-refractivity contribution in [2.75, 3.05) is 24.9 Å². The van der Waals surface area contributed by atoms with Crippen molar-refractivity contribution in [2.45, 2.75) is 66.6 Å². The van der Waals surface area contributed by atoms with Crippen LogP contribution in [0.2, 0.25) is 0 Å². The number of carbonyl (C=O) groups is 2. The van der Waals surface area contributed by atoms with Gasteiger partial charge < -0.3 is 10.2 Å². The Morgan fingerprint density at radius 2 is 1.61 bits per heavy atom. The van der Waals surface area contributed by atoms with Crippen molar-refractivity contribution in [2.24, 2.45) is 0 Å². The van der Waals surface area contributed by atoms with Crippen molar-refractivity contribution < 1.29 is 18.0 Å². The molecule has 0 aliphatic carbocycles. The second-order valence-electron chi connectivity index (χ2n) is 9.53. The van der Waals surface area contributed by atoms with Crippen molar-refractivity contribution in [1.29, 1.82) is 0 Å². The third-order valence-corrected chi connectivity index (χ3v) is 8.23. The molecule has 198 valence electrons. The molecule has 0 aromatic heterocycles. The van der Waals surface area contributed by atoms with Crippen LogP contribution in [0.1, 0.15) is 49.4 Å². The van der Waals surface area contributed by atoms with E-state index in [4.69, 9.17) is 0 Å². The van der Waals surface area contributed by atoms with Gasteiger partial charge in [-0.1, -0.05) is 43.3 Å². The van der Waals surface area contributed by atoms with Crippen molar-refractivity contribution in [3.63, 3.8) is 0 Å². The fraction of sp³-hybridized carbons (Fsp3) is 0.481. The highest BCUT2D eigenvalue weighted by Gasteiger charge is 2.33. The first-order valence-electron chi connectivity index (χ1n) is 12.2. The monoisotopic (exact) mass is 516 g/mol. The summed E-state index contributed by atoms with van der Waals surface area (Å²) in [6.45, 7) is 10.9. The maximum Gasteiger partial charge on any atom is 0.304 e. The summed E-state index contributed by atoms with van der Waals surface area (Å²) in [7, 11) is -1.12. The zero-order valence-electron chi connectivity index (χ0n) is 22.7. The topological polar surface area (TPSA) is 90.0 Å². The normalized spacial score (nSPS) is 13.2. The number of nitrogens with zero attached hydrogens (tertiary/aromatic N) is 3. The molecule has 0 heterocycles. The summed E-state index contributed by atoms with van der Waals surface area (Å²) < 4.78 is 28.9. The van der Waals surface area contributed by atoms with Gasteiger partial charge in [-0.05, 0) is 69.4 Å². The molecule has 0 aliphatic heterocycles. The summed E-state index contributed by atoms with van der Waals surface area (Å²) in [5, 5.41) is 2.94. The molecular weight excluding hydrogens is 476 g/mol. The molecule has 2 amide bonds. The van der Waals surface area contributed by atoms with Gasteiger partial charge in [0.05, 0.1) is 5.69 Å². The maximum absolute atomic E-state index is 13.8. The number of rotatable bonds is 11. The van der Waals surface area contributed by atoms with E-state index in [2.05, 4.69) is 5.32 Å². The molecule has 36 heavy (non-hydrogen) atoms. The average Bonchev–Trinajstić information content (AvgIpc) is 2.82. The molecule has 0 aliphatic rings. The van der Waals surface area contributed by atoms with Crippen LogP contribution in [0, 0.1) is 20.8 Å². The van der Waals surface area contributed by atoms with E-state index in [-0.39, 0.29) is 18.5 Å². The first kappa shape index (κ1) is 29.3. The lowest BCUT2D eigenvalue weighted by Crippen LogP contribution is -2.53. The summed E-state index contributed by atoms with van der Waals surface area (Å²) in [4.78, 5) is 28.3. The van der Waals surface area contributed by atoms with Crippen LogP contribution in [0.3, 0.4) is 0 Å². The van der Waals surface area contributed by atoms with E-state index in [9.17, 15) is 18.0 Å². The number of nitrogens with one attached hydrogen (secondary N) is 1. The van der Waals surface area contributed by atoms with Gasteiger partial charge in [0.25, 0.3) is 0 Å². The Balaban J connectivity index is 2.52. The van der Waals surface area contributed by atoms with Gasteiger partial charge in [-0.15, -0.1) is 0 Å². The molecule has 0 bridgehead atoms. The molecule has 1 N–H and O–H groups in total. The number of hydrogen-bond donors (Lipinski definition) is 1. The zero-order chi connectivity index (χ0) is 27.2. The van der Waals surface area contributed by atoms with Gasteiger partial charge in [0.2, 0.25) is 11.8 Å². The van der Waals surface area contributed by atoms with E-state index >= 15 is 0 Å². The zero-order valence-corrected chi connectivity index (χ0v) is 23.5. The van der Waals surface area contributed by atoms with Crippen LogP contribution in [-0.4, -0.2) is 62.2 Å². The van der Waals surface area contributed by atoms with Gasteiger partial charge in [0.1, 0.15) is 12.6 Å². The molecule has 2 atom stereocenters. The summed E-state index contributed by atoms with van der Waals surface area (Å²) >= 11 is 0. The molecule has 0 spiro atoms. The summed E-state index contributed by atoms with van der Waals surface area (Å²) in [6.07, 6.45) is 0.756. The van der Waals surface area contributed by atoms with Gasteiger partial charge in [-0.2, -0.15) is 12.7 Å². The summed E-state index contributed by atoms with van der Waals surface area (Å²) in [5.74, 6) is -0.739. The van der Waals surface area contributed by atoms with Crippen LogP contribution in [-0.2, 0) is 26.3 Å². The van der Waals surface area contributed by atoms with E-state index < -0.39 is 28.7 Å². The Kier molecular flexibility index (Phi) is 10.1. The Morgan fingerprint density at radius 3 is 2.19 bits per heavy atom. The molecule has 0 radical (unpaired) electrons. The number of aryl methyl sites for hydroxylation is 3. The summed E-state index contributed by atoms with van der Waals surface area (Å²) in [5.41, 5.74) is 3.91. The Labute approximate surface area is 216 Å². The first-order valence-corrected chi connectivity index (χ1v) is 13.6. The third kappa shape index (κ3) is 7.07. The largest absolute Gasteiger partial charge is 0.352 e. The van der Waals surface area contributed by atoms with Crippen LogP contribution in [0.25, 0.3) is 0 Å². The number of benzene rings is 2. The molecule has 0 fully saturated rings. The average molecular weight is 517 g/mol. The van der Waals surface area contributed by atoms with Gasteiger partial charge in [0, 0.05) is 26.7 Å². The molecule has 9 heteroatoms. The number of anilines is 1. The maximum atomic E-state index is 13.8. The molecule has 8 nitrogen and oxygen atoms in total. The lowest BCUT2D eigenvalue weighted by molar-refractivity contribution is -0.139. The van der Waals surface area contributed by atoms with Crippen LogP contribution in [0.4, 0.5) is 5.69 Å². The van der Waals surface area contributed by atoms with E-state index in [0.29, 0.717) is 5.69 Å². The fourth-order valence-corrected chi connectivity index (χ4v) is 4.82. The Bertz CT molecular complexity index is 1180. The number of hydrogen-bond acceptors (Lipinski definition) is 4. The van der Waals surface area contributed by atoms with Crippen LogP contribution in [0.5, 0.6) is 0 Å². The fourth-order valence-electron chi connectivity index (χ4n) is 3.71. The molecular formula is C27H40N4O4S. The molecule has 0 saturated heterocycles. The lowest BCUT2D eigenvalue weighted by atomic mass is 10.1. The molecule has 0 saturated carbocycles. The highest BCUT2D eigenvalue weighted by molar-refractivity contribution is 7.90. The van der Waals surface area contributed by atoms with Crippen molar-refractivity contribution in [3.05, 3.63) is 64.7 Å². The highest BCUT2D eigenvalue weighted by Crippen LogP contribution is 2.26. The van der Waals surface area contributed by atoms with Crippen molar-refractivity contribution >= 4 is 27.7 Å². The minimum Gasteiger partial charge on any atom is -0.352 e. The molecule has 2 aromatic carbocycles. The van der Waals surface area contributed by atoms with E-state index in [1.807, 2.05) is 71.0 Å². The summed E-state index contributed by atoms with van der Waals surface area (Å²) in [6, 6.07) is 12.3. The minimum atomic E-state index is -3.99.